The molecule has 0 spiro atoms. The molecule has 5 nitrogen and oxygen atoms in total. The standard InChI is InChI=1S/C21H24ClN3O2S/c1-14(21-23-17-7-5-6-8-19(17)28-21)25(3)20(26)13-24(2)12-15-11-16(22)9-10-18(15)27-4/h5-11,14H,12-13H2,1-4H3/t14-/m0/s1. The van der Waals surface area contributed by atoms with Crippen LogP contribution < -0.4 is 4.74 Å². The number of aromatic nitrogens is 1. The van der Waals surface area contributed by atoms with Crippen LogP contribution in [0, 0.1) is 0 Å². The number of fused-ring (bicyclic) bond motifs is 1. The van der Waals surface area contributed by atoms with Crippen molar-refractivity contribution in [1.82, 2.24) is 14.8 Å². The molecule has 0 saturated heterocycles. The molecule has 1 amide bonds. The molecular weight excluding hydrogens is 394 g/mol. The number of ether oxygens (including phenoxy) is 1. The normalized spacial score (nSPS) is 12.4. The van der Waals surface area contributed by atoms with Gasteiger partial charge in [0.2, 0.25) is 5.91 Å². The number of para-hydroxylation sites is 1. The van der Waals surface area contributed by atoms with Crippen molar-refractivity contribution >= 4 is 39.1 Å². The van der Waals surface area contributed by atoms with Gasteiger partial charge in [-0.15, -0.1) is 11.3 Å². The molecule has 2 aromatic carbocycles. The van der Waals surface area contributed by atoms with Crippen molar-refractivity contribution in [3.05, 3.63) is 58.1 Å². The first-order chi connectivity index (χ1) is 13.4. The average Bonchev–Trinajstić information content (AvgIpc) is 3.11. The Morgan fingerprint density at radius 1 is 1.25 bits per heavy atom. The van der Waals surface area contributed by atoms with Gasteiger partial charge in [-0.3, -0.25) is 9.69 Å². The zero-order valence-electron chi connectivity index (χ0n) is 16.5. The Bertz CT molecular complexity index is 942. The fraction of sp³-hybridized carbons (Fsp3) is 0.333. The molecule has 0 N–H and O–H groups in total. The molecule has 1 aromatic heterocycles. The number of hydrogen-bond acceptors (Lipinski definition) is 5. The second-order valence-corrected chi connectivity index (χ2v) is 8.33. The van der Waals surface area contributed by atoms with E-state index >= 15 is 0 Å². The number of likely N-dealkylation sites (N-methyl/N-ethyl adjacent to an activating group) is 2. The fourth-order valence-electron chi connectivity index (χ4n) is 3.01. The van der Waals surface area contributed by atoms with Crippen LogP contribution in [0.3, 0.4) is 0 Å². The van der Waals surface area contributed by atoms with Crippen LogP contribution in [-0.4, -0.2) is 48.4 Å². The summed E-state index contributed by atoms with van der Waals surface area (Å²) < 4.78 is 6.53. The molecule has 0 bridgehead atoms. The molecule has 0 radical (unpaired) electrons. The maximum atomic E-state index is 12.8. The number of nitrogens with zero attached hydrogens (tertiary/aromatic N) is 3. The zero-order valence-corrected chi connectivity index (χ0v) is 18.0. The van der Waals surface area contributed by atoms with Crippen molar-refractivity contribution < 1.29 is 9.53 Å². The van der Waals surface area contributed by atoms with Gasteiger partial charge >= 0.3 is 0 Å². The van der Waals surface area contributed by atoms with Gasteiger partial charge in [0.1, 0.15) is 10.8 Å². The second-order valence-electron chi connectivity index (χ2n) is 6.83. The summed E-state index contributed by atoms with van der Waals surface area (Å²) in [5, 5.41) is 1.59. The third kappa shape index (κ3) is 4.63. The summed E-state index contributed by atoms with van der Waals surface area (Å²) in [5.41, 5.74) is 1.92. The monoisotopic (exact) mass is 417 g/mol. The highest BCUT2D eigenvalue weighted by Gasteiger charge is 2.22. The summed E-state index contributed by atoms with van der Waals surface area (Å²) >= 11 is 7.73. The first-order valence-electron chi connectivity index (χ1n) is 9.01. The number of methoxy groups -OCH3 is 1. The Labute approximate surface area is 174 Å². The SMILES string of the molecule is COc1ccc(Cl)cc1CN(C)CC(=O)N(C)[C@@H](C)c1nc2ccccc2s1. The second kappa shape index (κ2) is 8.90. The lowest BCUT2D eigenvalue weighted by molar-refractivity contribution is -0.132. The van der Waals surface area contributed by atoms with Crippen LogP contribution in [-0.2, 0) is 11.3 Å². The highest BCUT2D eigenvalue weighted by atomic mass is 35.5. The Balaban J connectivity index is 1.65. The first-order valence-corrected chi connectivity index (χ1v) is 10.2. The molecule has 3 rings (SSSR count). The van der Waals surface area contributed by atoms with Crippen molar-refractivity contribution in [1.29, 1.82) is 0 Å². The predicted octanol–water partition coefficient (Wildman–Crippen LogP) is 4.61. The number of hydrogen-bond donors (Lipinski definition) is 0. The van der Waals surface area contributed by atoms with Gasteiger partial charge in [-0.2, -0.15) is 0 Å². The van der Waals surface area contributed by atoms with Gasteiger partial charge in [0, 0.05) is 24.2 Å². The first kappa shape index (κ1) is 20.6. The van der Waals surface area contributed by atoms with Crippen LogP contribution in [0.25, 0.3) is 10.2 Å². The molecule has 0 aliphatic heterocycles. The maximum absolute atomic E-state index is 12.8. The van der Waals surface area contributed by atoms with E-state index in [2.05, 4.69) is 11.1 Å². The average molecular weight is 418 g/mol. The Hall–Kier alpha value is -2.15. The number of benzene rings is 2. The van der Waals surface area contributed by atoms with Crippen LogP contribution in [0.1, 0.15) is 23.5 Å². The number of rotatable bonds is 7. The van der Waals surface area contributed by atoms with E-state index in [0.717, 1.165) is 26.5 Å². The van der Waals surface area contributed by atoms with Crippen molar-refractivity contribution in [3.63, 3.8) is 0 Å². The summed E-state index contributed by atoms with van der Waals surface area (Å²) in [7, 11) is 5.37. The predicted molar refractivity (Wildman–Crippen MR) is 115 cm³/mol. The molecule has 1 atom stereocenters. The summed E-state index contributed by atoms with van der Waals surface area (Å²) in [4.78, 5) is 21.2. The summed E-state index contributed by atoms with van der Waals surface area (Å²) in [6, 6.07) is 13.5. The van der Waals surface area contributed by atoms with Crippen molar-refractivity contribution in [2.75, 3.05) is 27.7 Å². The lowest BCUT2D eigenvalue weighted by atomic mass is 10.2. The summed E-state index contributed by atoms with van der Waals surface area (Å²) in [6.07, 6.45) is 0. The zero-order chi connectivity index (χ0) is 20.3. The van der Waals surface area contributed by atoms with E-state index in [0.29, 0.717) is 18.1 Å². The van der Waals surface area contributed by atoms with E-state index in [1.165, 1.54) is 0 Å². The molecule has 0 saturated carbocycles. The van der Waals surface area contributed by atoms with Crippen LogP contribution in [0.5, 0.6) is 5.75 Å². The van der Waals surface area contributed by atoms with Gasteiger partial charge in [0.25, 0.3) is 0 Å². The van der Waals surface area contributed by atoms with Crippen molar-refractivity contribution in [2.45, 2.75) is 19.5 Å². The van der Waals surface area contributed by atoms with Gasteiger partial charge in [-0.05, 0) is 44.3 Å². The van der Waals surface area contributed by atoms with E-state index in [9.17, 15) is 4.79 Å². The van der Waals surface area contributed by atoms with Crippen LogP contribution in [0.2, 0.25) is 5.02 Å². The number of amides is 1. The lowest BCUT2D eigenvalue weighted by Gasteiger charge is -2.26. The largest absolute Gasteiger partial charge is 0.496 e. The number of halogens is 1. The minimum atomic E-state index is -0.0843. The number of carbonyl (C=O) groups is 1. The molecule has 28 heavy (non-hydrogen) atoms. The van der Waals surface area contributed by atoms with E-state index in [1.807, 2.05) is 56.3 Å². The third-order valence-corrected chi connectivity index (χ3v) is 6.17. The van der Waals surface area contributed by atoms with Gasteiger partial charge in [-0.25, -0.2) is 4.98 Å². The number of carbonyl (C=O) groups excluding carboxylic acids is 1. The summed E-state index contributed by atoms with van der Waals surface area (Å²) in [5.74, 6) is 0.801. The molecule has 0 unspecified atom stereocenters. The van der Waals surface area contributed by atoms with E-state index < -0.39 is 0 Å². The molecule has 1 heterocycles. The lowest BCUT2D eigenvalue weighted by Crippen LogP contribution is -2.37. The molecule has 0 aliphatic carbocycles. The third-order valence-electron chi connectivity index (χ3n) is 4.73. The molecule has 7 heteroatoms. The van der Waals surface area contributed by atoms with Crippen LogP contribution in [0.4, 0.5) is 0 Å². The highest BCUT2D eigenvalue weighted by molar-refractivity contribution is 7.18. The minimum absolute atomic E-state index is 0.0373. The Morgan fingerprint density at radius 2 is 2.00 bits per heavy atom. The Kier molecular flexibility index (Phi) is 6.54. The molecule has 3 aromatic rings. The topological polar surface area (TPSA) is 45.7 Å². The summed E-state index contributed by atoms with van der Waals surface area (Å²) in [6.45, 7) is 2.87. The fourth-order valence-corrected chi connectivity index (χ4v) is 4.27. The molecule has 148 valence electrons. The number of thiazole rings is 1. The van der Waals surface area contributed by atoms with E-state index in [-0.39, 0.29) is 11.9 Å². The van der Waals surface area contributed by atoms with Crippen LogP contribution in [0.15, 0.2) is 42.5 Å². The smallest absolute Gasteiger partial charge is 0.237 e. The van der Waals surface area contributed by atoms with E-state index in [4.69, 9.17) is 16.3 Å². The Morgan fingerprint density at radius 3 is 2.71 bits per heavy atom. The molecule has 0 fully saturated rings. The van der Waals surface area contributed by atoms with Gasteiger partial charge in [0.05, 0.1) is 29.9 Å². The van der Waals surface area contributed by atoms with Gasteiger partial charge < -0.3 is 9.64 Å². The molecular formula is C21H24ClN3O2S. The van der Waals surface area contributed by atoms with Crippen molar-refractivity contribution in [3.8, 4) is 5.75 Å². The maximum Gasteiger partial charge on any atom is 0.237 e. The van der Waals surface area contributed by atoms with Gasteiger partial charge in [-0.1, -0.05) is 23.7 Å². The quantitative estimate of drug-likeness (QED) is 0.563. The minimum Gasteiger partial charge on any atom is -0.496 e. The van der Waals surface area contributed by atoms with Crippen LogP contribution >= 0.6 is 22.9 Å². The van der Waals surface area contributed by atoms with Crippen molar-refractivity contribution in [2.24, 2.45) is 0 Å². The van der Waals surface area contributed by atoms with E-state index in [1.54, 1.807) is 29.4 Å². The highest BCUT2D eigenvalue weighted by Crippen LogP contribution is 2.29. The molecule has 0 aliphatic rings. The van der Waals surface area contributed by atoms with Gasteiger partial charge in [0.15, 0.2) is 0 Å².